The summed E-state index contributed by atoms with van der Waals surface area (Å²) in [5, 5.41) is 12.4. The van der Waals surface area contributed by atoms with E-state index < -0.39 is 12.0 Å². The molecule has 2 unspecified atom stereocenters. The van der Waals surface area contributed by atoms with Crippen LogP contribution in [0.5, 0.6) is 11.5 Å². The van der Waals surface area contributed by atoms with Crippen LogP contribution >= 0.6 is 0 Å². The molecule has 0 saturated carbocycles. The Kier molecular flexibility index (Phi) is 3.75. The standard InChI is InChI=1S/C14H17NO5/c16-14(17)13(15-7-10-2-1-5-18-10)9-3-4-11-12(6-9)20-8-19-11/h3-4,6,10,13,15H,1-2,5,7-8H2,(H,16,17). The molecule has 0 bridgehead atoms. The van der Waals surface area contributed by atoms with Crippen molar-refractivity contribution in [3.8, 4) is 11.5 Å². The number of aliphatic carboxylic acids is 1. The zero-order valence-corrected chi connectivity index (χ0v) is 11.0. The van der Waals surface area contributed by atoms with Crippen molar-refractivity contribution < 1.29 is 24.1 Å². The summed E-state index contributed by atoms with van der Waals surface area (Å²) in [5.41, 5.74) is 0.653. The van der Waals surface area contributed by atoms with Gasteiger partial charge in [0.05, 0.1) is 6.10 Å². The zero-order valence-electron chi connectivity index (χ0n) is 11.0. The Balaban J connectivity index is 1.71. The number of benzene rings is 1. The molecular formula is C14H17NO5. The fraction of sp³-hybridized carbons (Fsp3) is 0.500. The smallest absolute Gasteiger partial charge is 0.325 e. The zero-order chi connectivity index (χ0) is 13.9. The van der Waals surface area contributed by atoms with Gasteiger partial charge in [0.1, 0.15) is 6.04 Å². The Hall–Kier alpha value is -1.79. The fourth-order valence-electron chi connectivity index (χ4n) is 2.50. The van der Waals surface area contributed by atoms with Crippen LogP contribution in [-0.4, -0.2) is 37.1 Å². The molecule has 0 amide bonds. The maximum atomic E-state index is 11.4. The van der Waals surface area contributed by atoms with Crippen molar-refractivity contribution in [2.75, 3.05) is 19.9 Å². The number of hydrogen-bond donors (Lipinski definition) is 2. The molecule has 1 fully saturated rings. The molecule has 3 rings (SSSR count). The summed E-state index contributed by atoms with van der Waals surface area (Å²) in [4.78, 5) is 11.4. The van der Waals surface area contributed by atoms with E-state index in [2.05, 4.69) is 5.32 Å². The molecular weight excluding hydrogens is 262 g/mol. The van der Waals surface area contributed by atoms with Gasteiger partial charge >= 0.3 is 5.97 Å². The van der Waals surface area contributed by atoms with Crippen LogP contribution in [0, 0.1) is 0 Å². The number of fused-ring (bicyclic) bond motifs is 1. The van der Waals surface area contributed by atoms with E-state index in [-0.39, 0.29) is 12.9 Å². The molecule has 20 heavy (non-hydrogen) atoms. The first-order chi connectivity index (χ1) is 9.74. The van der Waals surface area contributed by atoms with Crippen molar-refractivity contribution >= 4 is 5.97 Å². The van der Waals surface area contributed by atoms with Crippen LogP contribution in [0.3, 0.4) is 0 Å². The van der Waals surface area contributed by atoms with Gasteiger partial charge < -0.3 is 19.3 Å². The summed E-state index contributed by atoms with van der Waals surface area (Å²) < 4.78 is 16.0. The predicted octanol–water partition coefficient (Wildman–Crippen LogP) is 1.31. The fourth-order valence-corrected chi connectivity index (χ4v) is 2.50. The molecule has 6 heteroatoms. The Bertz CT molecular complexity index is 498. The SMILES string of the molecule is O=C(O)C(NCC1CCCO1)c1ccc2c(c1)OCO2. The van der Waals surface area contributed by atoms with Gasteiger partial charge in [0, 0.05) is 13.2 Å². The average Bonchev–Trinajstić information content (AvgIpc) is 3.08. The van der Waals surface area contributed by atoms with Crippen molar-refractivity contribution in [1.82, 2.24) is 5.32 Å². The monoisotopic (exact) mass is 279 g/mol. The van der Waals surface area contributed by atoms with Gasteiger partial charge in [0.25, 0.3) is 0 Å². The van der Waals surface area contributed by atoms with Crippen molar-refractivity contribution in [2.24, 2.45) is 0 Å². The summed E-state index contributed by atoms with van der Waals surface area (Å²) in [7, 11) is 0. The van der Waals surface area contributed by atoms with Crippen LogP contribution < -0.4 is 14.8 Å². The molecule has 2 heterocycles. The van der Waals surface area contributed by atoms with Gasteiger partial charge in [-0.1, -0.05) is 6.07 Å². The number of ether oxygens (including phenoxy) is 3. The van der Waals surface area contributed by atoms with Gasteiger partial charge in [-0.2, -0.15) is 0 Å². The predicted molar refractivity (Wildman–Crippen MR) is 69.9 cm³/mol. The van der Waals surface area contributed by atoms with Gasteiger partial charge in [-0.15, -0.1) is 0 Å². The second kappa shape index (κ2) is 5.68. The Morgan fingerprint density at radius 2 is 2.25 bits per heavy atom. The lowest BCUT2D eigenvalue weighted by Gasteiger charge is -2.18. The number of carbonyl (C=O) groups is 1. The van der Waals surface area contributed by atoms with Gasteiger partial charge in [-0.05, 0) is 30.5 Å². The molecule has 2 aliphatic heterocycles. The van der Waals surface area contributed by atoms with Gasteiger partial charge in [-0.3, -0.25) is 10.1 Å². The summed E-state index contributed by atoms with van der Waals surface area (Å²) in [6.45, 7) is 1.47. The lowest BCUT2D eigenvalue weighted by atomic mass is 10.1. The molecule has 108 valence electrons. The van der Waals surface area contributed by atoms with Crippen molar-refractivity contribution in [1.29, 1.82) is 0 Å². The Morgan fingerprint density at radius 3 is 3.00 bits per heavy atom. The molecule has 2 aliphatic rings. The summed E-state index contributed by atoms with van der Waals surface area (Å²) in [5.74, 6) is 0.326. The van der Waals surface area contributed by atoms with Gasteiger partial charge in [0.2, 0.25) is 6.79 Å². The van der Waals surface area contributed by atoms with E-state index in [1.165, 1.54) is 0 Å². The number of hydrogen-bond acceptors (Lipinski definition) is 5. The molecule has 0 aromatic heterocycles. The third kappa shape index (κ3) is 2.71. The number of carboxylic acid groups (broad SMARTS) is 1. The highest BCUT2D eigenvalue weighted by atomic mass is 16.7. The van der Waals surface area contributed by atoms with E-state index in [9.17, 15) is 9.90 Å². The second-order valence-corrected chi connectivity index (χ2v) is 4.93. The molecule has 0 aliphatic carbocycles. The van der Waals surface area contributed by atoms with Crippen LogP contribution in [0.1, 0.15) is 24.4 Å². The lowest BCUT2D eigenvalue weighted by Crippen LogP contribution is -2.34. The van der Waals surface area contributed by atoms with E-state index in [0.29, 0.717) is 23.6 Å². The quantitative estimate of drug-likeness (QED) is 0.846. The van der Waals surface area contributed by atoms with E-state index in [1.807, 2.05) is 0 Å². The molecule has 6 nitrogen and oxygen atoms in total. The van der Waals surface area contributed by atoms with E-state index in [0.717, 1.165) is 19.4 Å². The van der Waals surface area contributed by atoms with Crippen LogP contribution in [-0.2, 0) is 9.53 Å². The Morgan fingerprint density at radius 1 is 1.40 bits per heavy atom. The van der Waals surface area contributed by atoms with Gasteiger partial charge in [-0.25, -0.2) is 0 Å². The highest BCUT2D eigenvalue weighted by Gasteiger charge is 2.25. The lowest BCUT2D eigenvalue weighted by molar-refractivity contribution is -0.139. The minimum absolute atomic E-state index is 0.103. The van der Waals surface area contributed by atoms with Crippen LogP contribution in [0.4, 0.5) is 0 Å². The van der Waals surface area contributed by atoms with Crippen LogP contribution in [0.2, 0.25) is 0 Å². The first kappa shape index (κ1) is 13.2. The molecule has 1 saturated heterocycles. The third-order valence-electron chi connectivity index (χ3n) is 3.55. The maximum Gasteiger partial charge on any atom is 0.325 e. The number of rotatable bonds is 5. The average molecular weight is 279 g/mol. The van der Waals surface area contributed by atoms with Crippen LogP contribution in [0.15, 0.2) is 18.2 Å². The van der Waals surface area contributed by atoms with E-state index >= 15 is 0 Å². The highest BCUT2D eigenvalue weighted by molar-refractivity contribution is 5.76. The molecule has 2 atom stereocenters. The summed E-state index contributed by atoms with van der Waals surface area (Å²) in [6, 6.07) is 4.42. The molecule has 0 radical (unpaired) electrons. The normalized spacial score (nSPS) is 21.9. The summed E-state index contributed by atoms with van der Waals surface area (Å²) in [6.07, 6.45) is 2.11. The number of nitrogens with one attached hydrogen (secondary N) is 1. The molecule has 2 N–H and O–H groups in total. The minimum Gasteiger partial charge on any atom is -0.480 e. The molecule has 1 aromatic rings. The third-order valence-corrected chi connectivity index (χ3v) is 3.55. The largest absolute Gasteiger partial charge is 0.480 e. The molecule has 0 spiro atoms. The Labute approximate surface area is 116 Å². The first-order valence-corrected chi connectivity index (χ1v) is 6.71. The topological polar surface area (TPSA) is 77.0 Å². The summed E-state index contributed by atoms with van der Waals surface area (Å²) >= 11 is 0. The van der Waals surface area contributed by atoms with Crippen molar-refractivity contribution in [3.63, 3.8) is 0 Å². The highest BCUT2D eigenvalue weighted by Crippen LogP contribution is 2.34. The first-order valence-electron chi connectivity index (χ1n) is 6.71. The van der Waals surface area contributed by atoms with Crippen LogP contribution in [0.25, 0.3) is 0 Å². The van der Waals surface area contributed by atoms with Crippen molar-refractivity contribution in [3.05, 3.63) is 23.8 Å². The number of carboxylic acids is 1. The minimum atomic E-state index is -0.915. The molecule has 1 aromatic carbocycles. The van der Waals surface area contributed by atoms with Gasteiger partial charge in [0.15, 0.2) is 11.5 Å². The maximum absolute atomic E-state index is 11.4. The van der Waals surface area contributed by atoms with E-state index in [4.69, 9.17) is 14.2 Å². The van der Waals surface area contributed by atoms with E-state index in [1.54, 1.807) is 18.2 Å². The van der Waals surface area contributed by atoms with Crippen molar-refractivity contribution in [2.45, 2.75) is 25.0 Å². The second-order valence-electron chi connectivity index (χ2n) is 4.93.